The molecule has 1 saturated heterocycles. The molecule has 0 aliphatic carbocycles. The second-order valence-electron chi connectivity index (χ2n) is 10.2. The summed E-state index contributed by atoms with van der Waals surface area (Å²) in [6, 6.07) is 12.9. The topological polar surface area (TPSA) is 86.0 Å². The maximum atomic E-state index is 11.9. The second kappa shape index (κ2) is 10.2. The van der Waals surface area contributed by atoms with Gasteiger partial charge in [-0.05, 0) is 64.3 Å². The van der Waals surface area contributed by atoms with Crippen LogP contribution in [0.2, 0.25) is 10.0 Å². The maximum absolute atomic E-state index is 11.9. The van der Waals surface area contributed by atoms with Crippen LogP contribution in [0.1, 0.15) is 59.1 Å². The fraction of sp³-hybridized carbons (Fsp3) is 0.444. The Hall–Kier alpha value is -2.95. The van der Waals surface area contributed by atoms with Gasteiger partial charge in [-0.25, -0.2) is 4.98 Å². The molecular formula is C27H32Cl2N6O. The Morgan fingerprint density at radius 3 is 2.39 bits per heavy atom. The summed E-state index contributed by atoms with van der Waals surface area (Å²) in [4.78, 5) is 19.1. The lowest BCUT2D eigenvalue weighted by molar-refractivity contribution is -0.114. The average Bonchev–Trinajstić information content (AvgIpc) is 3.18. The molecule has 1 aromatic heterocycles. The molecule has 2 heterocycles. The van der Waals surface area contributed by atoms with Gasteiger partial charge < -0.3 is 20.1 Å². The molecule has 1 aliphatic heterocycles. The number of halogens is 2. The van der Waals surface area contributed by atoms with E-state index in [1.165, 1.54) is 6.92 Å². The standard InChI is InChI=1S/C27H32Cl2N6O/c1-16(2)31-26-33-24-22(14-21(28)23(29)25(24)32-17(3)36)35(26)20-10-12-34(13-11-20)19-8-6-18(7-9-19)27(4,5)15-30/h6-9,14,16,20H,10-13H2,1-5H3,(H,31,33)(H,32,36). The first-order chi connectivity index (χ1) is 17.0. The molecule has 2 aromatic carbocycles. The van der Waals surface area contributed by atoms with Crippen LogP contribution in [0, 0.1) is 11.3 Å². The Morgan fingerprint density at radius 2 is 1.83 bits per heavy atom. The molecule has 2 N–H and O–H groups in total. The highest BCUT2D eigenvalue weighted by Gasteiger charge is 2.28. The number of carbonyl (C=O) groups excluding carboxylic acids is 1. The van der Waals surface area contributed by atoms with E-state index in [-0.39, 0.29) is 23.0 Å². The minimum absolute atomic E-state index is 0.173. The third kappa shape index (κ3) is 5.11. The number of piperidine rings is 1. The quantitative estimate of drug-likeness (QED) is 0.370. The van der Waals surface area contributed by atoms with Gasteiger partial charge in [0.15, 0.2) is 0 Å². The minimum atomic E-state index is -0.506. The molecule has 36 heavy (non-hydrogen) atoms. The first-order valence-corrected chi connectivity index (χ1v) is 13.0. The molecule has 1 amide bonds. The van der Waals surface area contributed by atoms with Crippen molar-refractivity contribution in [1.82, 2.24) is 9.55 Å². The van der Waals surface area contributed by atoms with Crippen LogP contribution in [0.3, 0.4) is 0 Å². The van der Waals surface area contributed by atoms with Crippen molar-refractivity contribution in [3.05, 3.63) is 45.9 Å². The van der Waals surface area contributed by atoms with Crippen LogP contribution in [0.25, 0.3) is 11.0 Å². The van der Waals surface area contributed by atoms with Gasteiger partial charge in [0, 0.05) is 37.8 Å². The molecule has 4 rings (SSSR count). The number of imidazole rings is 1. The van der Waals surface area contributed by atoms with Gasteiger partial charge in [0.25, 0.3) is 0 Å². The molecule has 0 spiro atoms. The van der Waals surface area contributed by atoms with Crippen molar-refractivity contribution < 1.29 is 4.79 Å². The number of amides is 1. The summed E-state index contributed by atoms with van der Waals surface area (Å²) in [6.07, 6.45) is 1.83. The largest absolute Gasteiger partial charge is 0.371 e. The Labute approximate surface area is 222 Å². The number of anilines is 3. The van der Waals surface area contributed by atoms with Crippen molar-refractivity contribution in [2.75, 3.05) is 28.6 Å². The Bertz CT molecular complexity index is 1320. The summed E-state index contributed by atoms with van der Waals surface area (Å²) in [5.41, 5.74) is 3.58. The maximum Gasteiger partial charge on any atom is 0.221 e. The number of rotatable bonds is 6. The molecule has 0 radical (unpaired) electrons. The number of nitriles is 1. The summed E-state index contributed by atoms with van der Waals surface area (Å²) >= 11 is 13.0. The molecule has 0 atom stereocenters. The highest BCUT2D eigenvalue weighted by molar-refractivity contribution is 6.45. The van der Waals surface area contributed by atoms with Crippen LogP contribution in [-0.2, 0) is 10.2 Å². The Kier molecular flexibility index (Phi) is 7.40. The smallest absolute Gasteiger partial charge is 0.221 e. The number of benzene rings is 2. The highest BCUT2D eigenvalue weighted by atomic mass is 35.5. The predicted molar refractivity (Wildman–Crippen MR) is 148 cm³/mol. The van der Waals surface area contributed by atoms with Crippen LogP contribution in [0.15, 0.2) is 30.3 Å². The average molecular weight is 528 g/mol. The van der Waals surface area contributed by atoms with E-state index in [0.717, 1.165) is 48.6 Å². The van der Waals surface area contributed by atoms with Gasteiger partial charge >= 0.3 is 0 Å². The monoisotopic (exact) mass is 526 g/mol. The molecule has 3 aromatic rings. The molecule has 7 nitrogen and oxygen atoms in total. The molecule has 190 valence electrons. The van der Waals surface area contributed by atoms with Crippen LogP contribution in [0.4, 0.5) is 17.3 Å². The molecule has 0 bridgehead atoms. The molecule has 0 saturated carbocycles. The minimum Gasteiger partial charge on any atom is -0.371 e. The van der Waals surface area contributed by atoms with Gasteiger partial charge in [-0.1, -0.05) is 35.3 Å². The number of aromatic nitrogens is 2. The third-order valence-electron chi connectivity index (χ3n) is 6.66. The SMILES string of the molecule is CC(=O)Nc1c(Cl)c(Cl)cc2c1nc(NC(C)C)n2C1CCN(c2ccc(C(C)(C)C#N)cc2)CC1. The van der Waals surface area contributed by atoms with Crippen LogP contribution in [-0.4, -0.2) is 34.6 Å². The van der Waals surface area contributed by atoms with Crippen molar-refractivity contribution in [3.63, 3.8) is 0 Å². The van der Waals surface area contributed by atoms with E-state index in [9.17, 15) is 10.1 Å². The Balaban J connectivity index is 1.64. The predicted octanol–water partition coefficient (Wildman–Crippen LogP) is 6.76. The fourth-order valence-corrected chi connectivity index (χ4v) is 5.12. The molecule has 0 unspecified atom stereocenters. The van der Waals surface area contributed by atoms with Crippen molar-refractivity contribution in [2.24, 2.45) is 0 Å². The number of hydrogen-bond acceptors (Lipinski definition) is 5. The lowest BCUT2D eigenvalue weighted by Crippen LogP contribution is -2.35. The Morgan fingerprint density at radius 1 is 1.19 bits per heavy atom. The van der Waals surface area contributed by atoms with E-state index in [1.54, 1.807) is 0 Å². The van der Waals surface area contributed by atoms with E-state index in [0.29, 0.717) is 16.2 Å². The summed E-state index contributed by atoms with van der Waals surface area (Å²) < 4.78 is 2.21. The number of carbonyl (C=O) groups is 1. The number of nitrogens with one attached hydrogen (secondary N) is 2. The summed E-state index contributed by atoms with van der Waals surface area (Å²) in [5.74, 6) is 0.511. The summed E-state index contributed by atoms with van der Waals surface area (Å²) in [7, 11) is 0. The van der Waals surface area contributed by atoms with E-state index >= 15 is 0 Å². The van der Waals surface area contributed by atoms with E-state index in [2.05, 4.69) is 52.2 Å². The first kappa shape index (κ1) is 26.1. The normalized spacial score (nSPS) is 14.8. The van der Waals surface area contributed by atoms with Gasteiger partial charge in [-0.15, -0.1) is 0 Å². The zero-order valence-electron chi connectivity index (χ0n) is 21.3. The zero-order valence-corrected chi connectivity index (χ0v) is 22.8. The molecule has 9 heteroatoms. The molecule has 1 fully saturated rings. The van der Waals surface area contributed by atoms with Crippen molar-refractivity contribution >= 4 is 57.5 Å². The van der Waals surface area contributed by atoms with Crippen molar-refractivity contribution in [3.8, 4) is 6.07 Å². The number of nitrogens with zero attached hydrogens (tertiary/aromatic N) is 4. The highest BCUT2D eigenvalue weighted by Crippen LogP contribution is 2.41. The van der Waals surface area contributed by atoms with E-state index < -0.39 is 5.41 Å². The first-order valence-electron chi connectivity index (χ1n) is 12.2. The van der Waals surface area contributed by atoms with Gasteiger partial charge in [-0.3, -0.25) is 4.79 Å². The van der Waals surface area contributed by atoms with E-state index in [1.807, 2.05) is 32.0 Å². The van der Waals surface area contributed by atoms with Crippen LogP contribution >= 0.6 is 23.2 Å². The lowest BCUT2D eigenvalue weighted by Gasteiger charge is -2.35. The lowest BCUT2D eigenvalue weighted by atomic mass is 9.86. The molecule has 1 aliphatic rings. The van der Waals surface area contributed by atoms with Gasteiger partial charge in [-0.2, -0.15) is 5.26 Å². The van der Waals surface area contributed by atoms with Crippen molar-refractivity contribution in [2.45, 2.75) is 65.0 Å². The van der Waals surface area contributed by atoms with Crippen LogP contribution < -0.4 is 15.5 Å². The van der Waals surface area contributed by atoms with Gasteiger partial charge in [0.05, 0.1) is 32.7 Å². The second-order valence-corrected chi connectivity index (χ2v) is 11.0. The number of hydrogen-bond donors (Lipinski definition) is 2. The fourth-order valence-electron chi connectivity index (χ4n) is 4.73. The van der Waals surface area contributed by atoms with Crippen LogP contribution in [0.5, 0.6) is 0 Å². The third-order valence-corrected chi connectivity index (χ3v) is 7.45. The molecular weight excluding hydrogens is 495 g/mol. The summed E-state index contributed by atoms with van der Waals surface area (Å²) in [5, 5.41) is 16.4. The number of fused-ring (bicyclic) bond motifs is 1. The zero-order chi connectivity index (χ0) is 26.2. The van der Waals surface area contributed by atoms with E-state index in [4.69, 9.17) is 28.2 Å². The van der Waals surface area contributed by atoms with Crippen molar-refractivity contribution in [1.29, 1.82) is 5.26 Å². The van der Waals surface area contributed by atoms with Gasteiger partial charge in [0.2, 0.25) is 11.9 Å². The van der Waals surface area contributed by atoms with Gasteiger partial charge in [0.1, 0.15) is 5.52 Å². The summed E-state index contributed by atoms with van der Waals surface area (Å²) in [6.45, 7) is 11.2.